The smallest absolute Gasteiger partial charge is 0.253 e. The first kappa shape index (κ1) is 19.5. The molecule has 7 heteroatoms. The summed E-state index contributed by atoms with van der Waals surface area (Å²) in [5.74, 6) is 1.10. The van der Waals surface area contributed by atoms with Crippen LogP contribution in [0, 0.1) is 0 Å². The van der Waals surface area contributed by atoms with E-state index >= 15 is 0 Å². The van der Waals surface area contributed by atoms with Gasteiger partial charge in [-0.2, -0.15) is 0 Å². The van der Waals surface area contributed by atoms with Crippen molar-refractivity contribution in [3.63, 3.8) is 0 Å². The Morgan fingerprint density at radius 3 is 2.54 bits per heavy atom. The van der Waals surface area contributed by atoms with Crippen LogP contribution in [0.2, 0.25) is 5.02 Å². The molecule has 0 unspecified atom stereocenters. The highest BCUT2D eigenvalue weighted by Gasteiger charge is 2.09. The van der Waals surface area contributed by atoms with E-state index in [1.54, 1.807) is 44.7 Å². The summed E-state index contributed by atoms with van der Waals surface area (Å²) >= 11 is 5.87. The highest BCUT2D eigenvalue weighted by Crippen LogP contribution is 2.31. The van der Waals surface area contributed by atoms with Gasteiger partial charge >= 0.3 is 0 Å². The normalized spacial score (nSPS) is 10.2. The maximum atomic E-state index is 12.5. The summed E-state index contributed by atoms with van der Waals surface area (Å²) < 4.78 is 10.6. The van der Waals surface area contributed by atoms with E-state index in [0.29, 0.717) is 34.3 Å². The monoisotopic (exact) mass is 397 g/mol. The zero-order valence-electron chi connectivity index (χ0n) is 15.5. The summed E-state index contributed by atoms with van der Waals surface area (Å²) in [6.07, 6.45) is 3.16. The highest BCUT2D eigenvalue weighted by molar-refractivity contribution is 6.30. The summed E-state index contributed by atoms with van der Waals surface area (Å²) in [5.41, 5.74) is 2.82. The molecule has 1 heterocycles. The van der Waals surface area contributed by atoms with Crippen molar-refractivity contribution in [1.82, 2.24) is 10.3 Å². The number of pyridine rings is 1. The number of nitrogens with zero attached hydrogens (tertiary/aromatic N) is 1. The fourth-order valence-electron chi connectivity index (χ4n) is 2.58. The molecule has 2 aromatic carbocycles. The molecule has 6 nitrogen and oxygen atoms in total. The number of nitrogens with one attached hydrogen (secondary N) is 2. The average molecular weight is 398 g/mol. The molecule has 0 fully saturated rings. The molecule has 0 saturated carbocycles. The summed E-state index contributed by atoms with van der Waals surface area (Å²) in [5, 5.41) is 6.74. The first-order chi connectivity index (χ1) is 13.6. The number of methoxy groups -OCH3 is 2. The van der Waals surface area contributed by atoms with Crippen LogP contribution in [0.25, 0.3) is 0 Å². The lowest BCUT2D eigenvalue weighted by molar-refractivity contribution is 0.0950. The van der Waals surface area contributed by atoms with Crippen LogP contribution < -0.4 is 20.1 Å². The number of aromatic nitrogens is 1. The summed E-state index contributed by atoms with van der Waals surface area (Å²) in [4.78, 5) is 16.6. The van der Waals surface area contributed by atoms with E-state index in [1.807, 2.05) is 24.3 Å². The molecular formula is C21H20ClN3O3. The first-order valence-electron chi connectivity index (χ1n) is 8.56. The minimum absolute atomic E-state index is 0.215. The van der Waals surface area contributed by atoms with Gasteiger partial charge in [-0.25, -0.2) is 0 Å². The molecule has 1 amide bonds. The molecule has 3 aromatic rings. The zero-order chi connectivity index (χ0) is 19.9. The van der Waals surface area contributed by atoms with Gasteiger partial charge in [-0.1, -0.05) is 23.7 Å². The molecule has 0 bridgehead atoms. The van der Waals surface area contributed by atoms with Gasteiger partial charge in [-0.05, 0) is 35.9 Å². The maximum absolute atomic E-state index is 12.5. The quantitative estimate of drug-likeness (QED) is 0.617. The third kappa shape index (κ3) is 4.92. The number of benzene rings is 2. The number of rotatable bonds is 7. The number of halogens is 1. The molecule has 0 radical (unpaired) electrons. The fraction of sp³-hybridized carbons (Fsp3) is 0.143. The van der Waals surface area contributed by atoms with Crippen molar-refractivity contribution in [2.75, 3.05) is 19.5 Å². The Hall–Kier alpha value is -3.25. The summed E-state index contributed by atoms with van der Waals surface area (Å²) in [6, 6.07) is 14.5. The predicted octanol–water partition coefficient (Wildman–Crippen LogP) is 4.43. The van der Waals surface area contributed by atoms with Crippen molar-refractivity contribution < 1.29 is 14.3 Å². The topological polar surface area (TPSA) is 72.5 Å². The number of anilines is 2. The van der Waals surface area contributed by atoms with Gasteiger partial charge in [-0.3, -0.25) is 9.78 Å². The van der Waals surface area contributed by atoms with Crippen molar-refractivity contribution in [2.24, 2.45) is 0 Å². The number of carbonyl (C=O) groups is 1. The van der Waals surface area contributed by atoms with Crippen LogP contribution in [-0.4, -0.2) is 25.1 Å². The molecule has 1 aromatic heterocycles. The number of amides is 1. The van der Waals surface area contributed by atoms with E-state index in [9.17, 15) is 4.79 Å². The third-order valence-corrected chi connectivity index (χ3v) is 4.31. The Bertz CT molecular complexity index is 961. The summed E-state index contributed by atoms with van der Waals surface area (Å²) in [6.45, 7) is 0.403. The van der Waals surface area contributed by atoms with Crippen molar-refractivity contribution in [2.45, 2.75) is 6.54 Å². The van der Waals surface area contributed by atoms with Crippen molar-refractivity contribution >= 4 is 28.9 Å². The van der Waals surface area contributed by atoms with E-state index in [4.69, 9.17) is 21.1 Å². The van der Waals surface area contributed by atoms with Gasteiger partial charge in [0.15, 0.2) is 0 Å². The lowest BCUT2D eigenvalue weighted by atomic mass is 10.2. The number of hydrogen-bond donors (Lipinski definition) is 2. The van der Waals surface area contributed by atoms with E-state index in [-0.39, 0.29) is 5.91 Å². The largest absolute Gasteiger partial charge is 0.497 e. The van der Waals surface area contributed by atoms with E-state index < -0.39 is 0 Å². The number of hydrogen-bond acceptors (Lipinski definition) is 5. The number of carbonyl (C=O) groups excluding carboxylic acids is 1. The molecule has 0 aliphatic carbocycles. The average Bonchev–Trinajstić information content (AvgIpc) is 2.73. The Balaban J connectivity index is 1.69. The Morgan fingerprint density at radius 1 is 1.04 bits per heavy atom. The van der Waals surface area contributed by atoms with Crippen LogP contribution in [0.1, 0.15) is 15.9 Å². The SMILES string of the molecule is COc1ccc(Nc2cncc(C(=O)NCc3ccc(Cl)cc3)c2)c(OC)c1. The zero-order valence-corrected chi connectivity index (χ0v) is 16.3. The molecule has 0 saturated heterocycles. The van der Waals surface area contributed by atoms with E-state index in [2.05, 4.69) is 15.6 Å². The molecular weight excluding hydrogens is 378 g/mol. The molecule has 0 spiro atoms. The fourth-order valence-corrected chi connectivity index (χ4v) is 2.70. The second-order valence-electron chi connectivity index (χ2n) is 5.96. The van der Waals surface area contributed by atoms with Crippen LogP contribution >= 0.6 is 11.6 Å². The molecule has 144 valence electrons. The predicted molar refractivity (Wildman–Crippen MR) is 110 cm³/mol. The summed E-state index contributed by atoms with van der Waals surface area (Å²) in [7, 11) is 3.18. The number of ether oxygens (including phenoxy) is 2. The van der Waals surface area contributed by atoms with E-state index in [1.165, 1.54) is 6.20 Å². The lowest BCUT2D eigenvalue weighted by Gasteiger charge is -2.13. The standard InChI is InChI=1S/C21H20ClN3O3/c1-27-18-7-8-19(20(10-18)28-2)25-17-9-15(12-23-13-17)21(26)24-11-14-3-5-16(22)6-4-14/h3-10,12-13,25H,11H2,1-2H3,(H,24,26). The van der Waals surface area contributed by atoms with Gasteiger partial charge in [0, 0.05) is 23.8 Å². The van der Waals surface area contributed by atoms with Crippen LogP contribution in [0.3, 0.4) is 0 Å². The van der Waals surface area contributed by atoms with Crippen molar-refractivity contribution in [1.29, 1.82) is 0 Å². The molecule has 3 rings (SSSR count). The Labute approximate surface area is 168 Å². The van der Waals surface area contributed by atoms with Crippen LogP contribution in [0.4, 0.5) is 11.4 Å². The van der Waals surface area contributed by atoms with Crippen LogP contribution in [0.15, 0.2) is 60.9 Å². The minimum atomic E-state index is -0.215. The lowest BCUT2D eigenvalue weighted by Crippen LogP contribution is -2.23. The van der Waals surface area contributed by atoms with Crippen LogP contribution in [0.5, 0.6) is 11.5 Å². The molecule has 0 aliphatic rings. The molecule has 0 aliphatic heterocycles. The maximum Gasteiger partial charge on any atom is 0.253 e. The minimum Gasteiger partial charge on any atom is -0.497 e. The van der Waals surface area contributed by atoms with Gasteiger partial charge < -0.3 is 20.1 Å². The molecule has 28 heavy (non-hydrogen) atoms. The molecule has 2 N–H and O–H groups in total. The molecule has 0 atom stereocenters. The van der Waals surface area contributed by atoms with Gasteiger partial charge in [0.05, 0.1) is 37.4 Å². The second kappa shape index (κ2) is 9.10. The van der Waals surface area contributed by atoms with Crippen molar-refractivity contribution in [3.8, 4) is 11.5 Å². The van der Waals surface area contributed by atoms with Crippen molar-refractivity contribution in [3.05, 3.63) is 77.1 Å². The second-order valence-corrected chi connectivity index (χ2v) is 6.40. The first-order valence-corrected chi connectivity index (χ1v) is 8.93. The van der Waals surface area contributed by atoms with Gasteiger partial charge in [0.2, 0.25) is 0 Å². The highest BCUT2D eigenvalue weighted by atomic mass is 35.5. The Morgan fingerprint density at radius 2 is 1.82 bits per heavy atom. The van der Waals surface area contributed by atoms with Gasteiger partial charge in [-0.15, -0.1) is 0 Å². The van der Waals surface area contributed by atoms with Crippen LogP contribution in [-0.2, 0) is 6.54 Å². The van der Waals surface area contributed by atoms with Gasteiger partial charge in [0.1, 0.15) is 11.5 Å². The third-order valence-electron chi connectivity index (χ3n) is 4.05. The Kier molecular flexibility index (Phi) is 6.34. The van der Waals surface area contributed by atoms with E-state index in [0.717, 1.165) is 11.3 Å². The van der Waals surface area contributed by atoms with Gasteiger partial charge in [0.25, 0.3) is 5.91 Å².